The van der Waals surface area contributed by atoms with Crippen molar-refractivity contribution in [1.29, 1.82) is 0 Å². The number of hydrogen-bond donors (Lipinski definition) is 1. The summed E-state index contributed by atoms with van der Waals surface area (Å²) < 4.78 is 25.7. The average molecular weight is 504 g/mol. The monoisotopic (exact) mass is 503 g/mol. The number of pyridine rings is 1. The van der Waals surface area contributed by atoms with E-state index in [4.69, 9.17) is 9.47 Å². The summed E-state index contributed by atoms with van der Waals surface area (Å²) in [6.45, 7) is 1.42. The quantitative estimate of drug-likeness (QED) is 0.436. The van der Waals surface area contributed by atoms with Crippen LogP contribution in [-0.4, -0.2) is 59.6 Å². The van der Waals surface area contributed by atoms with Crippen molar-refractivity contribution in [2.75, 3.05) is 31.8 Å². The molecule has 37 heavy (non-hydrogen) atoms. The number of benzene rings is 1. The molecule has 10 heteroatoms. The summed E-state index contributed by atoms with van der Waals surface area (Å²) in [5.74, 6) is 6.44. The molecule has 0 saturated carbocycles. The fraction of sp³-hybridized carbons (Fsp3) is 0.333. The van der Waals surface area contributed by atoms with Gasteiger partial charge in [-0.3, -0.25) is 4.79 Å². The molecular formula is C27H26FN5O4. The number of nitrogens with zero attached hydrogens (tertiary/aromatic N) is 4. The lowest BCUT2D eigenvalue weighted by atomic mass is 10.0. The van der Waals surface area contributed by atoms with Crippen LogP contribution in [0, 0.1) is 23.7 Å². The summed E-state index contributed by atoms with van der Waals surface area (Å²) >= 11 is 0. The van der Waals surface area contributed by atoms with E-state index in [1.807, 2.05) is 12.1 Å². The number of carbonyl (C=O) groups excluding carboxylic acids is 2. The number of aromatic nitrogens is 3. The number of rotatable bonds is 3. The van der Waals surface area contributed by atoms with Gasteiger partial charge in [0.1, 0.15) is 18.4 Å². The molecule has 1 fully saturated rings. The van der Waals surface area contributed by atoms with Gasteiger partial charge in [0.2, 0.25) is 5.95 Å². The first-order valence-electron chi connectivity index (χ1n) is 12.1. The van der Waals surface area contributed by atoms with Gasteiger partial charge in [-0.15, -0.1) is 0 Å². The second-order valence-corrected chi connectivity index (χ2v) is 8.97. The molecular weight excluding hydrogens is 477 g/mol. The molecule has 1 N–H and O–H groups in total. The normalized spacial score (nSPS) is 17.7. The molecule has 9 nitrogen and oxygen atoms in total. The highest BCUT2D eigenvalue weighted by Gasteiger charge is 2.31. The van der Waals surface area contributed by atoms with E-state index in [0.29, 0.717) is 35.0 Å². The number of hydrogen-bond acceptors (Lipinski definition) is 6. The number of amides is 2. The maximum absolute atomic E-state index is 13.3. The van der Waals surface area contributed by atoms with E-state index in [0.717, 1.165) is 36.3 Å². The molecule has 0 unspecified atom stereocenters. The second kappa shape index (κ2) is 10.8. The molecule has 0 radical (unpaired) electrons. The molecule has 1 atom stereocenters. The van der Waals surface area contributed by atoms with Crippen LogP contribution >= 0.6 is 0 Å². The van der Waals surface area contributed by atoms with Crippen LogP contribution in [0.5, 0.6) is 5.75 Å². The maximum atomic E-state index is 13.3. The van der Waals surface area contributed by atoms with Crippen molar-refractivity contribution in [3.8, 4) is 17.6 Å². The Labute approximate surface area is 213 Å². The van der Waals surface area contributed by atoms with Gasteiger partial charge in [-0.1, -0.05) is 17.9 Å². The average Bonchev–Trinajstić information content (AvgIpc) is 3.34. The number of anilines is 1. The molecule has 1 aromatic carbocycles. The first kappa shape index (κ1) is 24.5. The third-order valence-electron chi connectivity index (χ3n) is 6.30. The summed E-state index contributed by atoms with van der Waals surface area (Å²) in [6.07, 6.45) is 5.17. The minimum Gasteiger partial charge on any atom is -0.489 e. The van der Waals surface area contributed by atoms with Crippen molar-refractivity contribution in [2.45, 2.75) is 25.3 Å². The standard InChI is InChI=1S/C27H26FN5O4/c1-32-23-14-19(6-5-18-9-11-36-12-10-18)7-8-24(23)37-17-22(26(32)34)31-27(35)33-16-20(15-29-33)13-21-3-2-4-25(28)30-21/h2-4,7-8,14-16,18,22H,9-13,17H2,1H3,(H,31,35)/t22-/m0/s1. The highest BCUT2D eigenvalue weighted by atomic mass is 19.1. The zero-order chi connectivity index (χ0) is 25.8. The number of nitrogens with one attached hydrogen (secondary N) is 1. The molecule has 2 amide bonds. The molecule has 0 bridgehead atoms. The largest absolute Gasteiger partial charge is 0.489 e. The Bertz CT molecular complexity index is 1370. The number of fused-ring (bicyclic) bond motifs is 1. The van der Waals surface area contributed by atoms with E-state index in [1.165, 1.54) is 23.4 Å². The topological polar surface area (TPSA) is 98.6 Å². The molecule has 2 aliphatic rings. The first-order valence-corrected chi connectivity index (χ1v) is 12.1. The van der Waals surface area contributed by atoms with E-state index in [1.54, 1.807) is 25.2 Å². The van der Waals surface area contributed by atoms with E-state index in [9.17, 15) is 14.0 Å². The lowest BCUT2D eigenvalue weighted by Gasteiger charge is -2.20. The van der Waals surface area contributed by atoms with Crippen LogP contribution in [0.25, 0.3) is 0 Å². The van der Waals surface area contributed by atoms with Gasteiger partial charge in [0.05, 0.1) is 11.9 Å². The predicted molar refractivity (Wildman–Crippen MR) is 133 cm³/mol. The highest BCUT2D eigenvalue weighted by Crippen LogP contribution is 2.31. The molecule has 5 rings (SSSR count). The van der Waals surface area contributed by atoms with Gasteiger partial charge < -0.3 is 19.7 Å². The first-order chi connectivity index (χ1) is 18.0. The Hall–Kier alpha value is -4.23. The number of likely N-dealkylation sites (N-methyl/N-ethyl adjacent to an activating group) is 1. The van der Waals surface area contributed by atoms with Crippen LogP contribution < -0.4 is 15.0 Å². The molecule has 0 spiro atoms. The Morgan fingerprint density at radius 1 is 1.24 bits per heavy atom. The molecule has 4 heterocycles. The smallest absolute Gasteiger partial charge is 0.342 e. The molecule has 1 saturated heterocycles. The van der Waals surface area contributed by atoms with Crippen molar-refractivity contribution in [3.05, 3.63) is 71.6 Å². The lowest BCUT2D eigenvalue weighted by molar-refractivity contribution is -0.120. The highest BCUT2D eigenvalue weighted by molar-refractivity contribution is 6.00. The van der Waals surface area contributed by atoms with E-state index < -0.39 is 18.0 Å². The van der Waals surface area contributed by atoms with Gasteiger partial charge in [0.15, 0.2) is 0 Å². The maximum Gasteiger partial charge on any atom is 0.342 e. The van der Waals surface area contributed by atoms with Crippen molar-refractivity contribution >= 4 is 17.6 Å². The summed E-state index contributed by atoms with van der Waals surface area (Å²) in [4.78, 5) is 31.3. The Balaban J connectivity index is 1.25. The summed E-state index contributed by atoms with van der Waals surface area (Å²) in [5.41, 5.74) is 2.57. The van der Waals surface area contributed by atoms with Gasteiger partial charge >= 0.3 is 6.03 Å². The molecule has 0 aliphatic carbocycles. The lowest BCUT2D eigenvalue weighted by Crippen LogP contribution is -2.50. The van der Waals surface area contributed by atoms with Gasteiger partial charge in [0, 0.05) is 50.1 Å². The van der Waals surface area contributed by atoms with Gasteiger partial charge in [-0.05, 0) is 48.7 Å². The van der Waals surface area contributed by atoms with Crippen molar-refractivity contribution in [2.24, 2.45) is 5.92 Å². The van der Waals surface area contributed by atoms with Crippen LogP contribution in [0.3, 0.4) is 0 Å². The van der Waals surface area contributed by atoms with Crippen LogP contribution in [-0.2, 0) is 16.0 Å². The van der Waals surface area contributed by atoms with Crippen molar-refractivity contribution < 1.29 is 23.5 Å². The zero-order valence-corrected chi connectivity index (χ0v) is 20.3. The fourth-order valence-electron chi connectivity index (χ4n) is 4.24. The van der Waals surface area contributed by atoms with Crippen molar-refractivity contribution in [3.63, 3.8) is 0 Å². The Kier molecular flexibility index (Phi) is 7.14. The summed E-state index contributed by atoms with van der Waals surface area (Å²) in [6, 6.07) is 8.51. The molecule has 3 aromatic rings. The third kappa shape index (κ3) is 5.78. The van der Waals surface area contributed by atoms with Gasteiger partial charge in [-0.2, -0.15) is 14.2 Å². The fourth-order valence-corrected chi connectivity index (χ4v) is 4.24. The summed E-state index contributed by atoms with van der Waals surface area (Å²) in [5, 5.41) is 6.76. The Morgan fingerprint density at radius 3 is 2.89 bits per heavy atom. The van der Waals surface area contributed by atoms with Crippen LogP contribution in [0.15, 0.2) is 48.8 Å². The molecule has 190 valence electrons. The third-order valence-corrected chi connectivity index (χ3v) is 6.30. The number of ether oxygens (including phenoxy) is 2. The summed E-state index contributed by atoms with van der Waals surface area (Å²) in [7, 11) is 1.64. The molecule has 2 aromatic heterocycles. The second-order valence-electron chi connectivity index (χ2n) is 8.97. The number of halogens is 1. The molecule has 2 aliphatic heterocycles. The van der Waals surface area contributed by atoms with Crippen molar-refractivity contribution in [1.82, 2.24) is 20.1 Å². The van der Waals surface area contributed by atoms with Crippen LogP contribution in [0.2, 0.25) is 0 Å². The predicted octanol–water partition coefficient (Wildman–Crippen LogP) is 2.77. The SMILES string of the molecule is CN1C(=O)[C@@H](NC(=O)n2cc(Cc3cccc(F)n3)cn2)COc2ccc(C#CC3CCOCC3)cc21. The van der Waals surface area contributed by atoms with Crippen LogP contribution in [0.4, 0.5) is 14.9 Å². The zero-order valence-electron chi connectivity index (χ0n) is 20.3. The number of carbonyl (C=O) groups is 2. The van der Waals surface area contributed by atoms with E-state index >= 15 is 0 Å². The van der Waals surface area contributed by atoms with Gasteiger partial charge in [-0.25, -0.2) is 9.78 Å². The van der Waals surface area contributed by atoms with Crippen LogP contribution in [0.1, 0.15) is 29.7 Å². The Morgan fingerprint density at radius 2 is 2.08 bits per heavy atom. The van der Waals surface area contributed by atoms with E-state index in [-0.39, 0.29) is 12.5 Å². The minimum atomic E-state index is -0.917. The van der Waals surface area contributed by atoms with E-state index in [2.05, 4.69) is 27.2 Å². The van der Waals surface area contributed by atoms with Gasteiger partial charge in [0.25, 0.3) is 5.91 Å². The minimum absolute atomic E-state index is 0.0314.